The lowest BCUT2D eigenvalue weighted by Gasteiger charge is -2.11. The smallest absolute Gasteiger partial charge is 0.297 e. The van der Waals surface area contributed by atoms with Crippen molar-refractivity contribution in [3.8, 4) is 11.5 Å². The number of halogens is 1. The van der Waals surface area contributed by atoms with Crippen LogP contribution >= 0.6 is 11.6 Å². The van der Waals surface area contributed by atoms with Gasteiger partial charge < -0.3 is 15.8 Å². The Morgan fingerprint density at radius 3 is 2.57 bits per heavy atom. The van der Waals surface area contributed by atoms with Gasteiger partial charge in [0.15, 0.2) is 0 Å². The van der Waals surface area contributed by atoms with E-state index in [-0.39, 0.29) is 16.4 Å². The molecule has 0 aliphatic carbocycles. The highest BCUT2D eigenvalue weighted by Crippen LogP contribution is 2.37. The van der Waals surface area contributed by atoms with E-state index in [9.17, 15) is 10.1 Å². The zero-order valence-electron chi connectivity index (χ0n) is 11.1. The second-order valence-corrected chi connectivity index (χ2v) is 4.59. The van der Waals surface area contributed by atoms with Crippen LogP contribution in [-0.4, -0.2) is 18.0 Å². The van der Waals surface area contributed by atoms with Crippen LogP contribution in [-0.2, 0) is 0 Å². The normalized spacial score (nSPS) is 10.2. The summed E-state index contributed by atoms with van der Waals surface area (Å²) in [6.07, 6.45) is 0. The van der Waals surface area contributed by atoms with Crippen molar-refractivity contribution in [1.29, 1.82) is 0 Å². The van der Waals surface area contributed by atoms with E-state index in [0.717, 1.165) is 0 Å². The number of nitrogens with zero attached hydrogens (tertiary/aromatic N) is 1. The van der Waals surface area contributed by atoms with Gasteiger partial charge in [0.05, 0.1) is 16.0 Å². The molecular weight excluding hydrogens is 294 g/mol. The summed E-state index contributed by atoms with van der Waals surface area (Å²) in [7, 11) is 0. The van der Waals surface area contributed by atoms with E-state index in [1.54, 1.807) is 12.1 Å². The Morgan fingerprint density at radius 1 is 1.24 bits per heavy atom. The Morgan fingerprint density at radius 2 is 1.95 bits per heavy atom. The number of hydrogen-bond donors (Lipinski definition) is 2. The van der Waals surface area contributed by atoms with Crippen LogP contribution in [0.3, 0.4) is 0 Å². The molecule has 0 spiro atoms. The maximum absolute atomic E-state index is 11.2. The van der Waals surface area contributed by atoms with Crippen LogP contribution in [0.15, 0.2) is 42.5 Å². The second kappa shape index (κ2) is 6.92. The van der Waals surface area contributed by atoms with E-state index < -0.39 is 4.92 Å². The van der Waals surface area contributed by atoms with E-state index in [2.05, 4.69) is 5.32 Å². The zero-order chi connectivity index (χ0) is 15.2. The van der Waals surface area contributed by atoms with Crippen LogP contribution in [0, 0.1) is 10.1 Å². The Bertz CT molecular complexity index is 635. The molecule has 7 heteroatoms. The molecule has 0 radical (unpaired) electrons. The van der Waals surface area contributed by atoms with Crippen LogP contribution in [0.1, 0.15) is 0 Å². The largest absolute Gasteiger partial charge is 0.457 e. The summed E-state index contributed by atoms with van der Waals surface area (Å²) >= 11 is 6.09. The molecule has 0 aliphatic heterocycles. The van der Waals surface area contributed by atoms with E-state index in [1.165, 1.54) is 12.1 Å². The predicted molar refractivity (Wildman–Crippen MR) is 82.2 cm³/mol. The lowest BCUT2D eigenvalue weighted by atomic mass is 10.2. The fourth-order valence-corrected chi connectivity index (χ4v) is 2.04. The summed E-state index contributed by atoms with van der Waals surface area (Å²) in [5.74, 6) is 0.877. The Kier molecular flexibility index (Phi) is 4.97. The molecule has 21 heavy (non-hydrogen) atoms. The summed E-state index contributed by atoms with van der Waals surface area (Å²) in [6.45, 7) is 0.731. The van der Waals surface area contributed by atoms with Crippen molar-refractivity contribution in [3.05, 3.63) is 57.6 Å². The molecule has 0 bridgehead atoms. The Labute approximate surface area is 126 Å². The molecule has 0 fully saturated rings. The van der Waals surface area contributed by atoms with Gasteiger partial charge in [-0.2, -0.15) is 0 Å². The summed E-state index contributed by atoms with van der Waals surface area (Å²) in [6, 6.07) is 11.8. The zero-order valence-corrected chi connectivity index (χ0v) is 11.8. The molecule has 2 aromatic carbocycles. The van der Waals surface area contributed by atoms with Crippen molar-refractivity contribution in [2.45, 2.75) is 0 Å². The minimum absolute atomic E-state index is 0.151. The van der Waals surface area contributed by atoms with Gasteiger partial charge in [-0.3, -0.25) is 10.1 Å². The first kappa shape index (κ1) is 15.1. The van der Waals surface area contributed by atoms with Crippen molar-refractivity contribution in [1.82, 2.24) is 0 Å². The molecule has 0 heterocycles. The van der Waals surface area contributed by atoms with Crippen LogP contribution in [0.2, 0.25) is 5.02 Å². The minimum Gasteiger partial charge on any atom is -0.457 e. The molecule has 0 atom stereocenters. The molecule has 2 aromatic rings. The first-order chi connectivity index (χ1) is 10.1. The maximum atomic E-state index is 11.2. The molecule has 0 amide bonds. The fourth-order valence-electron chi connectivity index (χ4n) is 1.77. The average Bonchev–Trinajstić information content (AvgIpc) is 2.46. The van der Waals surface area contributed by atoms with Crippen molar-refractivity contribution >= 4 is 23.0 Å². The van der Waals surface area contributed by atoms with Gasteiger partial charge in [0.2, 0.25) is 0 Å². The fraction of sp³-hybridized carbons (Fsp3) is 0.143. The van der Waals surface area contributed by atoms with E-state index >= 15 is 0 Å². The highest BCUT2D eigenvalue weighted by atomic mass is 35.5. The van der Waals surface area contributed by atoms with Crippen molar-refractivity contribution in [3.63, 3.8) is 0 Å². The van der Waals surface area contributed by atoms with Crippen molar-refractivity contribution < 1.29 is 9.66 Å². The van der Waals surface area contributed by atoms with Gasteiger partial charge >= 0.3 is 0 Å². The number of para-hydroxylation sites is 1. The highest BCUT2D eigenvalue weighted by Gasteiger charge is 2.19. The number of ether oxygens (including phenoxy) is 1. The van der Waals surface area contributed by atoms with Gasteiger partial charge in [-0.05, 0) is 12.1 Å². The van der Waals surface area contributed by atoms with Crippen LogP contribution in [0.25, 0.3) is 0 Å². The first-order valence-corrected chi connectivity index (χ1v) is 6.64. The van der Waals surface area contributed by atoms with Crippen molar-refractivity contribution in [2.24, 2.45) is 5.73 Å². The lowest BCUT2D eigenvalue weighted by Crippen LogP contribution is -2.14. The third-order valence-corrected chi connectivity index (χ3v) is 2.96. The molecule has 6 nitrogen and oxygen atoms in total. The lowest BCUT2D eigenvalue weighted by molar-refractivity contribution is -0.384. The molecule has 110 valence electrons. The van der Waals surface area contributed by atoms with Crippen molar-refractivity contribution in [2.75, 3.05) is 18.4 Å². The quantitative estimate of drug-likeness (QED) is 0.630. The summed E-state index contributed by atoms with van der Waals surface area (Å²) in [4.78, 5) is 10.7. The van der Waals surface area contributed by atoms with E-state index in [1.807, 2.05) is 18.2 Å². The predicted octanol–water partition coefficient (Wildman–Crippen LogP) is 3.41. The number of rotatable bonds is 6. The number of nitrogens with two attached hydrogens (primary N) is 1. The Hall–Kier alpha value is -2.31. The molecule has 3 N–H and O–H groups in total. The van der Waals surface area contributed by atoms with Gasteiger partial charge in [0, 0.05) is 19.2 Å². The first-order valence-electron chi connectivity index (χ1n) is 6.26. The topological polar surface area (TPSA) is 90.4 Å². The number of nitrogens with one attached hydrogen (secondary N) is 1. The number of hydrogen-bond acceptors (Lipinski definition) is 5. The second-order valence-electron chi connectivity index (χ2n) is 4.19. The average molecular weight is 308 g/mol. The maximum Gasteiger partial charge on any atom is 0.297 e. The van der Waals surface area contributed by atoms with E-state index in [0.29, 0.717) is 24.6 Å². The van der Waals surface area contributed by atoms with Crippen LogP contribution in [0.5, 0.6) is 11.5 Å². The Balaban J connectivity index is 2.34. The molecular formula is C14H14ClN3O3. The molecule has 2 rings (SSSR count). The number of anilines is 1. The third kappa shape index (κ3) is 3.84. The molecule has 0 aromatic heterocycles. The summed E-state index contributed by atoms with van der Waals surface area (Å²) in [5, 5.41) is 14.2. The van der Waals surface area contributed by atoms with Gasteiger partial charge in [0.1, 0.15) is 17.2 Å². The van der Waals surface area contributed by atoms with Gasteiger partial charge in [0.25, 0.3) is 5.69 Å². The van der Waals surface area contributed by atoms with Gasteiger partial charge in [-0.15, -0.1) is 0 Å². The SMILES string of the molecule is NCCNc1c(Cl)cc(Oc2ccccc2)cc1[N+](=O)[O-]. The number of nitro benzene ring substituents is 1. The molecule has 0 saturated carbocycles. The minimum atomic E-state index is -0.511. The van der Waals surface area contributed by atoms with Crippen LogP contribution in [0.4, 0.5) is 11.4 Å². The molecule has 0 aliphatic rings. The number of benzene rings is 2. The number of nitro groups is 1. The van der Waals surface area contributed by atoms with E-state index in [4.69, 9.17) is 22.1 Å². The summed E-state index contributed by atoms with van der Waals surface area (Å²) < 4.78 is 5.57. The molecule has 0 saturated heterocycles. The standard InChI is InChI=1S/C14H14ClN3O3/c15-12-8-11(21-10-4-2-1-3-5-10)9-13(18(19)20)14(12)17-7-6-16/h1-5,8-9,17H,6-7,16H2. The molecule has 0 unspecified atom stereocenters. The summed E-state index contributed by atoms with van der Waals surface area (Å²) in [5.41, 5.74) is 5.48. The van der Waals surface area contributed by atoms with Gasteiger partial charge in [-0.1, -0.05) is 29.8 Å². The van der Waals surface area contributed by atoms with Gasteiger partial charge in [-0.25, -0.2) is 0 Å². The van der Waals surface area contributed by atoms with Crippen LogP contribution < -0.4 is 15.8 Å². The highest BCUT2D eigenvalue weighted by molar-refractivity contribution is 6.34. The third-order valence-electron chi connectivity index (χ3n) is 2.66. The monoisotopic (exact) mass is 307 g/mol.